The lowest BCUT2D eigenvalue weighted by Crippen LogP contribution is -2.34. The molecule has 0 unspecified atom stereocenters. The average molecular weight is 275 g/mol. The fourth-order valence-electron chi connectivity index (χ4n) is 1.74. The van der Waals surface area contributed by atoms with E-state index < -0.39 is 0 Å². The molecule has 4 heteroatoms. The number of halogens is 1. The van der Waals surface area contributed by atoms with Gasteiger partial charge in [0.05, 0.1) is 9.20 Å². The zero-order valence-corrected chi connectivity index (χ0v) is 10.1. The fourth-order valence-corrected chi connectivity index (χ4v) is 3.33. The first-order chi connectivity index (χ1) is 6.77. The molecule has 0 bridgehead atoms. The van der Waals surface area contributed by atoms with Crippen LogP contribution in [0.5, 0.6) is 0 Å². The molecule has 14 heavy (non-hydrogen) atoms. The summed E-state index contributed by atoms with van der Waals surface area (Å²) in [6.07, 6.45) is 2.71. The van der Waals surface area contributed by atoms with Gasteiger partial charge < -0.3 is 9.53 Å². The Morgan fingerprint density at radius 3 is 2.64 bits per heavy atom. The van der Waals surface area contributed by atoms with Crippen LogP contribution in [0.15, 0.2) is 15.9 Å². The molecule has 0 saturated carbocycles. The van der Waals surface area contributed by atoms with Crippen molar-refractivity contribution in [2.45, 2.75) is 18.3 Å². The fraction of sp³-hybridized carbons (Fsp3) is 0.500. The molecule has 0 amide bonds. The van der Waals surface area contributed by atoms with Crippen molar-refractivity contribution in [3.05, 3.63) is 20.8 Å². The van der Waals surface area contributed by atoms with Gasteiger partial charge in [0.15, 0.2) is 0 Å². The minimum absolute atomic E-state index is 0.283. The Kier molecular flexibility index (Phi) is 3.04. The number of aldehydes is 1. The third kappa shape index (κ3) is 1.78. The number of carbonyl (C=O) groups is 1. The molecule has 0 spiro atoms. The van der Waals surface area contributed by atoms with Crippen LogP contribution in [0.3, 0.4) is 0 Å². The van der Waals surface area contributed by atoms with Gasteiger partial charge in [0.1, 0.15) is 6.29 Å². The van der Waals surface area contributed by atoms with Crippen molar-refractivity contribution in [1.82, 2.24) is 0 Å². The molecular formula is C10H11BrO2S. The summed E-state index contributed by atoms with van der Waals surface area (Å²) in [5.74, 6) is 0. The van der Waals surface area contributed by atoms with E-state index in [9.17, 15) is 4.79 Å². The summed E-state index contributed by atoms with van der Waals surface area (Å²) in [6, 6.07) is 4.04. The Hall–Kier alpha value is -0.190. The predicted octanol–water partition coefficient (Wildman–Crippen LogP) is 2.76. The Labute approximate surface area is 95.4 Å². The summed E-state index contributed by atoms with van der Waals surface area (Å²) in [6.45, 7) is 1.38. The van der Waals surface area contributed by atoms with Crippen molar-refractivity contribution < 1.29 is 9.53 Å². The normalized spacial score (nSPS) is 20.6. The van der Waals surface area contributed by atoms with Crippen LogP contribution in [-0.2, 0) is 14.9 Å². The van der Waals surface area contributed by atoms with Gasteiger partial charge in [-0.3, -0.25) is 0 Å². The van der Waals surface area contributed by atoms with E-state index in [-0.39, 0.29) is 5.41 Å². The second kappa shape index (κ2) is 4.13. The standard InChI is InChI=1S/C10H11BrO2S/c11-9-2-1-8(14-9)10(7-12)3-5-13-6-4-10/h1-2,7H,3-6H2. The van der Waals surface area contributed by atoms with Gasteiger partial charge in [-0.2, -0.15) is 0 Å². The maximum atomic E-state index is 11.2. The second-order valence-corrected chi connectivity index (χ2v) is 5.95. The highest BCUT2D eigenvalue weighted by Gasteiger charge is 2.35. The van der Waals surface area contributed by atoms with Gasteiger partial charge in [0.25, 0.3) is 0 Å². The number of thiophene rings is 1. The van der Waals surface area contributed by atoms with Gasteiger partial charge >= 0.3 is 0 Å². The van der Waals surface area contributed by atoms with Crippen LogP contribution in [0.2, 0.25) is 0 Å². The molecule has 2 nitrogen and oxygen atoms in total. The van der Waals surface area contributed by atoms with Crippen molar-refractivity contribution in [2.24, 2.45) is 0 Å². The molecule has 2 rings (SSSR count). The van der Waals surface area contributed by atoms with E-state index in [1.165, 1.54) is 0 Å². The van der Waals surface area contributed by atoms with Gasteiger partial charge in [-0.25, -0.2) is 0 Å². The molecule has 2 heterocycles. The van der Waals surface area contributed by atoms with Crippen LogP contribution >= 0.6 is 27.3 Å². The molecule has 1 aliphatic rings. The zero-order chi connectivity index (χ0) is 10.0. The maximum Gasteiger partial charge on any atom is 0.131 e. The predicted molar refractivity (Wildman–Crippen MR) is 59.8 cm³/mol. The summed E-state index contributed by atoms with van der Waals surface area (Å²) in [7, 11) is 0. The van der Waals surface area contributed by atoms with Crippen molar-refractivity contribution in [3.8, 4) is 0 Å². The van der Waals surface area contributed by atoms with Gasteiger partial charge in [-0.1, -0.05) is 0 Å². The highest BCUT2D eigenvalue weighted by atomic mass is 79.9. The molecule has 0 N–H and O–H groups in total. The minimum Gasteiger partial charge on any atom is -0.381 e. The Morgan fingerprint density at radius 2 is 2.14 bits per heavy atom. The largest absolute Gasteiger partial charge is 0.381 e. The molecule has 0 radical (unpaired) electrons. The van der Waals surface area contributed by atoms with Crippen LogP contribution in [0.4, 0.5) is 0 Å². The van der Waals surface area contributed by atoms with Crippen molar-refractivity contribution >= 4 is 33.6 Å². The van der Waals surface area contributed by atoms with E-state index in [1.54, 1.807) is 11.3 Å². The molecule has 76 valence electrons. The molecule has 0 atom stereocenters. The monoisotopic (exact) mass is 274 g/mol. The highest BCUT2D eigenvalue weighted by molar-refractivity contribution is 9.11. The van der Waals surface area contributed by atoms with Gasteiger partial charge in [-0.05, 0) is 40.9 Å². The topological polar surface area (TPSA) is 26.3 Å². The second-order valence-electron chi connectivity index (χ2n) is 3.49. The van der Waals surface area contributed by atoms with Crippen LogP contribution in [0.25, 0.3) is 0 Å². The molecule has 1 aromatic heterocycles. The van der Waals surface area contributed by atoms with E-state index in [4.69, 9.17) is 4.74 Å². The summed E-state index contributed by atoms with van der Waals surface area (Å²) in [4.78, 5) is 12.4. The first-order valence-electron chi connectivity index (χ1n) is 4.57. The third-order valence-corrected chi connectivity index (χ3v) is 4.52. The van der Waals surface area contributed by atoms with Gasteiger partial charge in [-0.15, -0.1) is 11.3 Å². The first kappa shape index (κ1) is 10.3. The summed E-state index contributed by atoms with van der Waals surface area (Å²) in [5.41, 5.74) is -0.283. The van der Waals surface area contributed by atoms with E-state index in [1.807, 2.05) is 12.1 Å². The summed E-state index contributed by atoms with van der Waals surface area (Å²) >= 11 is 5.07. The Balaban J connectivity index is 2.31. The van der Waals surface area contributed by atoms with E-state index in [0.29, 0.717) is 13.2 Å². The molecule has 1 aliphatic heterocycles. The average Bonchev–Trinajstić information content (AvgIpc) is 2.66. The SMILES string of the molecule is O=CC1(c2ccc(Br)s2)CCOCC1. The van der Waals surface area contributed by atoms with Crippen molar-refractivity contribution in [3.63, 3.8) is 0 Å². The van der Waals surface area contributed by atoms with E-state index in [0.717, 1.165) is 27.8 Å². The lowest BCUT2D eigenvalue weighted by Gasteiger charge is -2.30. The maximum absolute atomic E-state index is 11.2. The van der Waals surface area contributed by atoms with Crippen molar-refractivity contribution in [1.29, 1.82) is 0 Å². The van der Waals surface area contributed by atoms with E-state index in [2.05, 4.69) is 15.9 Å². The van der Waals surface area contributed by atoms with Crippen LogP contribution in [-0.4, -0.2) is 19.5 Å². The molecule has 0 aliphatic carbocycles. The van der Waals surface area contributed by atoms with Crippen LogP contribution in [0, 0.1) is 0 Å². The van der Waals surface area contributed by atoms with Gasteiger partial charge in [0, 0.05) is 18.1 Å². The Bertz CT molecular complexity index is 329. The highest BCUT2D eigenvalue weighted by Crippen LogP contribution is 2.38. The van der Waals surface area contributed by atoms with Crippen LogP contribution in [0.1, 0.15) is 17.7 Å². The summed E-state index contributed by atoms with van der Waals surface area (Å²) in [5, 5.41) is 0. The molecule has 1 fully saturated rings. The number of hydrogen-bond donors (Lipinski definition) is 0. The van der Waals surface area contributed by atoms with Crippen molar-refractivity contribution in [2.75, 3.05) is 13.2 Å². The molecule has 0 aromatic carbocycles. The quantitative estimate of drug-likeness (QED) is 0.776. The smallest absolute Gasteiger partial charge is 0.131 e. The first-order valence-corrected chi connectivity index (χ1v) is 6.18. The van der Waals surface area contributed by atoms with Gasteiger partial charge in [0.2, 0.25) is 0 Å². The van der Waals surface area contributed by atoms with Crippen LogP contribution < -0.4 is 0 Å². The summed E-state index contributed by atoms with van der Waals surface area (Å²) < 4.78 is 6.37. The lowest BCUT2D eigenvalue weighted by atomic mass is 9.80. The third-order valence-electron chi connectivity index (χ3n) is 2.67. The molecule has 1 saturated heterocycles. The number of carbonyl (C=O) groups excluding carboxylic acids is 1. The molecular weight excluding hydrogens is 264 g/mol. The minimum atomic E-state index is -0.283. The Morgan fingerprint density at radius 1 is 1.43 bits per heavy atom. The number of hydrogen-bond acceptors (Lipinski definition) is 3. The number of rotatable bonds is 2. The number of ether oxygens (including phenoxy) is 1. The molecule has 1 aromatic rings. The van der Waals surface area contributed by atoms with E-state index >= 15 is 0 Å². The zero-order valence-electron chi connectivity index (χ0n) is 7.66. The lowest BCUT2D eigenvalue weighted by molar-refractivity contribution is -0.115.